The summed E-state index contributed by atoms with van der Waals surface area (Å²) in [4.78, 5) is 24.1. The van der Waals surface area contributed by atoms with Gasteiger partial charge in [0.05, 0.1) is 28.8 Å². The quantitative estimate of drug-likeness (QED) is 0.125. The minimum Gasteiger partial charge on any atom is -0.487 e. The van der Waals surface area contributed by atoms with E-state index in [-0.39, 0.29) is 36.5 Å². The topological polar surface area (TPSA) is 107 Å². The minimum absolute atomic E-state index is 0.0804. The molecule has 11 heteroatoms. The van der Waals surface area contributed by atoms with Gasteiger partial charge in [-0.15, -0.1) is 11.8 Å². The Labute approximate surface area is 226 Å². The van der Waals surface area contributed by atoms with Gasteiger partial charge in [0.2, 0.25) is 0 Å². The average Bonchev–Trinajstić information content (AvgIpc) is 3.09. The Kier molecular flexibility index (Phi) is 7.81. The van der Waals surface area contributed by atoms with Crippen LogP contribution in [0.1, 0.15) is 34.7 Å². The molecule has 2 aromatic heterocycles. The summed E-state index contributed by atoms with van der Waals surface area (Å²) in [5.41, 5.74) is 12.6. The molecule has 0 saturated heterocycles. The summed E-state index contributed by atoms with van der Waals surface area (Å²) in [6.45, 7) is 2.19. The van der Waals surface area contributed by atoms with Crippen LogP contribution in [0.3, 0.4) is 0 Å². The van der Waals surface area contributed by atoms with Gasteiger partial charge in [-0.2, -0.15) is 4.79 Å². The lowest BCUT2D eigenvalue weighted by atomic mass is 10.0. The van der Waals surface area contributed by atoms with Crippen LogP contribution in [0.2, 0.25) is 0 Å². The molecule has 5 rings (SSSR count). The molecule has 0 saturated carbocycles. The lowest BCUT2D eigenvalue weighted by molar-refractivity contribution is -0.139. The van der Waals surface area contributed by atoms with Crippen molar-refractivity contribution in [3.05, 3.63) is 100 Å². The zero-order chi connectivity index (χ0) is 27.4. The summed E-state index contributed by atoms with van der Waals surface area (Å²) in [5.74, 6) is -1.34. The van der Waals surface area contributed by atoms with Crippen LogP contribution in [-0.4, -0.2) is 38.8 Å². The third-order valence-electron chi connectivity index (χ3n) is 6.03. The number of benzene rings is 2. The van der Waals surface area contributed by atoms with Crippen LogP contribution < -0.4 is 9.47 Å². The second-order valence-electron chi connectivity index (χ2n) is 8.54. The SMILES string of the molecule is CCOC(=O)C(CS[C@@H]1c2cc(OCc3ccc4cc(F)c(F)cc4n3)ccc2OCc2ncccc21)=[N+]=[N-]. The maximum absolute atomic E-state index is 13.7. The van der Waals surface area contributed by atoms with E-state index in [0.29, 0.717) is 28.1 Å². The first-order valence-electron chi connectivity index (χ1n) is 12.0. The Balaban J connectivity index is 1.41. The number of carbonyl (C=O) groups excluding carboxylic acids is 1. The van der Waals surface area contributed by atoms with Gasteiger partial charge in [0.1, 0.15) is 30.5 Å². The van der Waals surface area contributed by atoms with E-state index in [0.717, 1.165) is 29.0 Å². The molecule has 0 amide bonds. The smallest absolute Gasteiger partial charge is 0.417 e. The first-order valence-corrected chi connectivity index (χ1v) is 13.1. The zero-order valence-corrected chi connectivity index (χ0v) is 21.6. The number of nitrogens with zero attached hydrogens (tertiary/aromatic N) is 4. The van der Waals surface area contributed by atoms with Crippen LogP contribution in [0.25, 0.3) is 16.4 Å². The van der Waals surface area contributed by atoms with Crippen molar-refractivity contribution >= 4 is 34.3 Å². The molecular weight excluding hydrogens is 526 g/mol. The first kappa shape index (κ1) is 26.3. The molecule has 2 aromatic carbocycles. The van der Waals surface area contributed by atoms with E-state index >= 15 is 0 Å². The second kappa shape index (κ2) is 11.6. The normalized spacial score (nSPS) is 13.9. The summed E-state index contributed by atoms with van der Waals surface area (Å²) < 4.78 is 44.2. The van der Waals surface area contributed by atoms with Gasteiger partial charge >= 0.3 is 11.7 Å². The molecular formula is C28H22F2N4O4S. The van der Waals surface area contributed by atoms with E-state index in [2.05, 4.69) is 14.8 Å². The van der Waals surface area contributed by atoms with Gasteiger partial charge in [-0.05, 0) is 48.9 Å². The molecule has 0 radical (unpaired) electrons. The number of thioether (sulfide) groups is 1. The van der Waals surface area contributed by atoms with E-state index in [4.69, 9.17) is 14.2 Å². The zero-order valence-electron chi connectivity index (χ0n) is 20.8. The Morgan fingerprint density at radius 1 is 1.15 bits per heavy atom. The predicted octanol–water partition coefficient (Wildman–Crippen LogP) is 5.44. The molecule has 39 heavy (non-hydrogen) atoms. The van der Waals surface area contributed by atoms with Gasteiger partial charge in [-0.25, -0.2) is 18.6 Å². The van der Waals surface area contributed by atoms with Gasteiger partial charge in [0, 0.05) is 23.2 Å². The number of halogens is 2. The van der Waals surface area contributed by atoms with Gasteiger partial charge in [-0.1, -0.05) is 12.1 Å². The molecule has 8 nitrogen and oxygen atoms in total. The molecule has 198 valence electrons. The van der Waals surface area contributed by atoms with Crippen molar-refractivity contribution in [2.45, 2.75) is 25.4 Å². The summed E-state index contributed by atoms with van der Waals surface area (Å²) >= 11 is 1.36. The van der Waals surface area contributed by atoms with Crippen LogP contribution in [0.4, 0.5) is 8.78 Å². The average molecular weight is 549 g/mol. The number of rotatable bonds is 8. The van der Waals surface area contributed by atoms with Crippen molar-refractivity contribution in [3.63, 3.8) is 0 Å². The lowest BCUT2D eigenvalue weighted by Gasteiger charge is -2.18. The van der Waals surface area contributed by atoms with Crippen molar-refractivity contribution in [1.82, 2.24) is 9.97 Å². The molecule has 0 unspecified atom stereocenters. The van der Waals surface area contributed by atoms with Crippen LogP contribution in [0.5, 0.6) is 11.5 Å². The van der Waals surface area contributed by atoms with E-state index in [9.17, 15) is 19.1 Å². The van der Waals surface area contributed by atoms with Crippen molar-refractivity contribution in [2.75, 3.05) is 12.4 Å². The summed E-state index contributed by atoms with van der Waals surface area (Å²) in [5, 5.41) is 0.165. The number of esters is 1. The molecule has 4 aromatic rings. The van der Waals surface area contributed by atoms with Crippen LogP contribution in [0.15, 0.2) is 60.8 Å². The van der Waals surface area contributed by atoms with Crippen LogP contribution in [-0.2, 0) is 22.7 Å². The van der Waals surface area contributed by atoms with E-state index < -0.39 is 17.6 Å². The van der Waals surface area contributed by atoms with Crippen molar-refractivity contribution in [1.29, 1.82) is 0 Å². The Bertz CT molecular complexity index is 1610. The molecule has 1 aliphatic rings. The van der Waals surface area contributed by atoms with E-state index in [1.54, 1.807) is 37.4 Å². The van der Waals surface area contributed by atoms with Gasteiger partial charge in [-0.3, -0.25) is 4.98 Å². The molecule has 1 aliphatic heterocycles. The highest BCUT2D eigenvalue weighted by molar-refractivity contribution is 8.00. The van der Waals surface area contributed by atoms with E-state index in [1.807, 2.05) is 18.2 Å². The number of hydrogen-bond donors (Lipinski definition) is 0. The number of aromatic nitrogens is 2. The molecule has 0 fully saturated rings. The fraction of sp³-hybridized carbons (Fsp3) is 0.214. The highest BCUT2D eigenvalue weighted by Crippen LogP contribution is 2.45. The lowest BCUT2D eigenvalue weighted by Crippen LogP contribution is -2.21. The highest BCUT2D eigenvalue weighted by Gasteiger charge is 2.30. The Morgan fingerprint density at radius 2 is 2.00 bits per heavy atom. The second-order valence-corrected chi connectivity index (χ2v) is 9.63. The van der Waals surface area contributed by atoms with Gasteiger partial charge < -0.3 is 19.7 Å². The predicted molar refractivity (Wildman–Crippen MR) is 141 cm³/mol. The third-order valence-corrected chi connectivity index (χ3v) is 7.31. The molecule has 1 atom stereocenters. The molecule has 3 heterocycles. The van der Waals surface area contributed by atoms with Crippen molar-refractivity contribution < 1.29 is 32.6 Å². The summed E-state index contributed by atoms with van der Waals surface area (Å²) in [7, 11) is 0. The fourth-order valence-corrected chi connectivity index (χ4v) is 5.42. The minimum atomic E-state index is -0.963. The van der Waals surface area contributed by atoms with Crippen molar-refractivity contribution in [3.8, 4) is 11.5 Å². The molecule has 0 N–H and O–H groups in total. The van der Waals surface area contributed by atoms with Gasteiger partial charge in [0.25, 0.3) is 0 Å². The number of ether oxygens (including phenoxy) is 3. The standard InChI is InChI=1S/C28H22F2N4O4S/c1-2-36-28(35)25(34-31)15-39-27-19-4-3-9-32-24(19)14-38-26-8-7-18(11-20(26)27)37-13-17-6-5-16-10-21(29)22(30)12-23(16)33-17/h3-12,27H,2,13-15H2,1H3/t27-/m0/s1. The van der Waals surface area contributed by atoms with E-state index in [1.165, 1.54) is 11.8 Å². The first-order chi connectivity index (χ1) is 19.0. The highest BCUT2D eigenvalue weighted by atomic mass is 32.2. The fourth-order valence-electron chi connectivity index (χ4n) is 4.16. The monoisotopic (exact) mass is 548 g/mol. The molecule has 0 aliphatic carbocycles. The molecule has 0 spiro atoms. The summed E-state index contributed by atoms with van der Waals surface area (Å²) in [6, 6.07) is 14.7. The third kappa shape index (κ3) is 5.74. The number of hydrogen-bond acceptors (Lipinski definition) is 7. The largest absolute Gasteiger partial charge is 0.487 e. The Morgan fingerprint density at radius 3 is 2.82 bits per heavy atom. The van der Waals surface area contributed by atoms with Crippen LogP contribution >= 0.6 is 11.8 Å². The number of carbonyl (C=O) groups is 1. The Hall–Kier alpha value is -4.34. The van der Waals surface area contributed by atoms with Crippen molar-refractivity contribution in [2.24, 2.45) is 0 Å². The summed E-state index contributed by atoms with van der Waals surface area (Å²) in [6.07, 6.45) is 1.69. The van der Waals surface area contributed by atoms with Crippen LogP contribution in [0, 0.1) is 11.6 Å². The molecule has 0 bridgehead atoms. The van der Waals surface area contributed by atoms with Gasteiger partial charge in [0.15, 0.2) is 11.6 Å². The number of pyridine rings is 2. The maximum Gasteiger partial charge on any atom is 0.417 e. The number of fused-ring (bicyclic) bond motifs is 3. The maximum atomic E-state index is 13.7.